The van der Waals surface area contributed by atoms with Crippen molar-refractivity contribution in [3.63, 3.8) is 0 Å². The highest BCUT2D eigenvalue weighted by Crippen LogP contribution is 2.38. The smallest absolute Gasteiger partial charge is 0.258 e. The predicted molar refractivity (Wildman–Crippen MR) is 170 cm³/mol. The predicted octanol–water partition coefficient (Wildman–Crippen LogP) is 6.74. The summed E-state index contributed by atoms with van der Waals surface area (Å²) in [4.78, 5) is 33.5. The fraction of sp³-hybridized carbons (Fsp3) is 0.229. The Morgan fingerprint density at radius 2 is 1.67 bits per heavy atom. The van der Waals surface area contributed by atoms with Gasteiger partial charge in [0, 0.05) is 47.0 Å². The van der Waals surface area contributed by atoms with E-state index in [0.717, 1.165) is 42.9 Å². The molecule has 0 spiro atoms. The molecule has 3 aromatic carbocycles. The van der Waals surface area contributed by atoms with E-state index in [0.29, 0.717) is 28.1 Å². The number of hydrogen-bond donors (Lipinski definition) is 3. The van der Waals surface area contributed by atoms with Crippen LogP contribution in [-0.2, 0) is 11.3 Å². The van der Waals surface area contributed by atoms with Gasteiger partial charge in [-0.25, -0.2) is 0 Å². The number of hydrogen-bond acceptors (Lipinski definition) is 5. The summed E-state index contributed by atoms with van der Waals surface area (Å²) in [5, 5.41) is 9.62. The first-order chi connectivity index (χ1) is 20.5. The van der Waals surface area contributed by atoms with Crippen LogP contribution in [0.1, 0.15) is 65.8 Å². The largest absolute Gasteiger partial charge is 0.354 e. The van der Waals surface area contributed by atoms with Gasteiger partial charge in [-0.2, -0.15) is 0 Å². The number of aromatic nitrogens is 1. The lowest BCUT2D eigenvalue weighted by Crippen LogP contribution is -2.28. The van der Waals surface area contributed by atoms with Gasteiger partial charge in [-0.3, -0.25) is 19.5 Å². The van der Waals surface area contributed by atoms with Crippen LogP contribution in [-0.4, -0.2) is 34.8 Å². The average Bonchev–Trinajstić information content (AvgIpc) is 3.37. The minimum Gasteiger partial charge on any atom is -0.354 e. The molecule has 7 heteroatoms. The second-order valence-corrected chi connectivity index (χ2v) is 10.3. The van der Waals surface area contributed by atoms with Gasteiger partial charge in [0.05, 0.1) is 17.3 Å². The number of carbonyl (C=O) groups is 2. The molecule has 1 aliphatic heterocycles. The molecular formula is C35H37N5O2. The Morgan fingerprint density at radius 3 is 2.33 bits per heavy atom. The van der Waals surface area contributed by atoms with Gasteiger partial charge in [0.25, 0.3) is 11.8 Å². The third kappa shape index (κ3) is 6.42. The standard InChI is InChI=1S/C35H37N5O2/c1-4-30(25-11-8-7-9-12-25)38-34(41)26-16-19-31-29(21-26)32(35(42)39-31)33(27-13-10-20-36-22-27)37-28-17-14-24(15-18-28)23-40(5-2)6-3/h7-22,30,37H,4-6,23H2,1-3H3,(H,38,41)(H,39,42)/b33-32-/t30-/m1/s1. The molecule has 0 bridgehead atoms. The van der Waals surface area contributed by atoms with Crippen LogP contribution >= 0.6 is 0 Å². The van der Waals surface area contributed by atoms with Crippen molar-refractivity contribution in [2.75, 3.05) is 23.7 Å². The average molecular weight is 560 g/mol. The highest BCUT2D eigenvalue weighted by molar-refractivity contribution is 6.37. The van der Waals surface area contributed by atoms with Gasteiger partial charge in [0.2, 0.25) is 0 Å². The van der Waals surface area contributed by atoms with Crippen LogP contribution in [0, 0.1) is 0 Å². The zero-order valence-electron chi connectivity index (χ0n) is 24.4. The fourth-order valence-electron chi connectivity index (χ4n) is 5.24. The van der Waals surface area contributed by atoms with Gasteiger partial charge in [-0.1, -0.05) is 63.2 Å². The monoisotopic (exact) mass is 559 g/mol. The maximum atomic E-state index is 13.4. The third-order valence-corrected chi connectivity index (χ3v) is 7.67. The van der Waals surface area contributed by atoms with E-state index in [9.17, 15) is 9.59 Å². The molecule has 42 heavy (non-hydrogen) atoms. The second-order valence-electron chi connectivity index (χ2n) is 10.3. The summed E-state index contributed by atoms with van der Waals surface area (Å²) < 4.78 is 0. The SMILES string of the molecule is CC[C@@H](NC(=O)c1ccc2c(c1)/C(=C(/Nc1ccc(CN(CC)CC)cc1)c1cccnc1)C(=O)N2)c1ccccc1. The number of rotatable bonds is 11. The number of pyridine rings is 1. The lowest BCUT2D eigenvalue weighted by atomic mass is 9.98. The Labute approximate surface area is 247 Å². The van der Waals surface area contributed by atoms with Crippen LogP contribution in [0.25, 0.3) is 11.3 Å². The van der Waals surface area contributed by atoms with Crippen molar-refractivity contribution in [3.05, 3.63) is 125 Å². The molecule has 3 N–H and O–H groups in total. The minimum absolute atomic E-state index is 0.112. The number of benzene rings is 3. The minimum atomic E-state index is -0.234. The molecule has 1 aliphatic rings. The van der Waals surface area contributed by atoms with Gasteiger partial charge >= 0.3 is 0 Å². The molecule has 2 amide bonds. The first-order valence-corrected chi connectivity index (χ1v) is 14.5. The molecular weight excluding hydrogens is 522 g/mol. The Kier molecular flexibility index (Phi) is 9.09. The summed E-state index contributed by atoms with van der Waals surface area (Å²) in [6.07, 6.45) is 4.20. The van der Waals surface area contributed by atoms with Crippen molar-refractivity contribution in [1.29, 1.82) is 0 Å². The van der Waals surface area contributed by atoms with E-state index in [2.05, 4.69) is 51.8 Å². The number of fused-ring (bicyclic) bond motifs is 1. The summed E-state index contributed by atoms with van der Waals surface area (Å²) >= 11 is 0. The van der Waals surface area contributed by atoms with E-state index in [1.165, 1.54) is 5.56 Å². The Bertz CT molecular complexity index is 1560. The van der Waals surface area contributed by atoms with Crippen LogP contribution in [0.5, 0.6) is 0 Å². The molecule has 214 valence electrons. The number of amides is 2. The van der Waals surface area contributed by atoms with Crippen molar-refractivity contribution >= 4 is 34.5 Å². The van der Waals surface area contributed by atoms with Gasteiger partial charge < -0.3 is 16.0 Å². The van der Waals surface area contributed by atoms with Gasteiger partial charge in [0.15, 0.2) is 0 Å². The number of nitrogens with zero attached hydrogens (tertiary/aromatic N) is 2. The van der Waals surface area contributed by atoms with E-state index in [1.807, 2.05) is 61.5 Å². The molecule has 0 fully saturated rings. The summed E-state index contributed by atoms with van der Waals surface area (Å²) in [5.41, 5.74) is 6.83. The maximum Gasteiger partial charge on any atom is 0.258 e. The maximum absolute atomic E-state index is 13.4. The summed E-state index contributed by atoms with van der Waals surface area (Å²) in [6.45, 7) is 9.24. The van der Waals surface area contributed by atoms with E-state index in [1.54, 1.807) is 30.6 Å². The molecule has 7 nitrogen and oxygen atoms in total. The van der Waals surface area contributed by atoms with E-state index < -0.39 is 0 Å². The molecule has 1 aromatic heterocycles. The van der Waals surface area contributed by atoms with Gasteiger partial charge in [-0.15, -0.1) is 0 Å². The number of carbonyl (C=O) groups excluding carboxylic acids is 2. The fourth-order valence-corrected chi connectivity index (χ4v) is 5.24. The first kappa shape index (κ1) is 28.8. The van der Waals surface area contributed by atoms with Crippen molar-refractivity contribution < 1.29 is 9.59 Å². The Balaban J connectivity index is 1.49. The lowest BCUT2D eigenvalue weighted by Gasteiger charge is -2.19. The molecule has 0 saturated heterocycles. The molecule has 0 saturated carbocycles. The van der Waals surface area contributed by atoms with Crippen molar-refractivity contribution in [1.82, 2.24) is 15.2 Å². The van der Waals surface area contributed by atoms with Crippen LogP contribution in [0.15, 0.2) is 97.3 Å². The zero-order valence-corrected chi connectivity index (χ0v) is 24.4. The first-order valence-electron chi connectivity index (χ1n) is 14.5. The van der Waals surface area contributed by atoms with Crippen LogP contribution in [0.4, 0.5) is 11.4 Å². The summed E-state index contributed by atoms with van der Waals surface area (Å²) in [5.74, 6) is -0.422. The van der Waals surface area contributed by atoms with Gasteiger partial charge in [-0.05, 0) is 73.1 Å². The molecule has 2 heterocycles. The molecule has 1 atom stereocenters. The zero-order chi connectivity index (χ0) is 29.5. The highest BCUT2D eigenvalue weighted by Gasteiger charge is 2.30. The van der Waals surface area contributed by atoms with Crippen LogP contribution in [0.2, 0.25) is 0 Å². The molecule has 0 aliphatic carbocycles. The summed E-state index contributed by atoms with van der Waals surface area (Å²) in [6, 6.07) is 27.2. The van der Waals surface area contributed by atoms with Crippen LogP contribution in [0.3, 0.4) is 0 Å². The van der Waals surface area contributed by atoms with Crippen LogP contribution < -0.4 is 16.0 Å². The van der Waals surface area contributed by atoms with Gasteiger partial charge in [0.1, 0.15) is 0 Å². The van der Waals surface area contributed by atoms with Crippen molar-refractivity contribution in [3.8, 4) is 0 Å². The number of nitrogens with one attached hydrogen (secondary N) is 3. The lowest BCUT2D eigenvalue weighted by molar-refractivity contribution is -0.110. The van der Waals surface area contributed by atoms with E-state index in [-0.39, 0.29) is 17.9 Å². The third-order valence-electron chi connectivity index (χ3n) is 7.67. The van der Waals surface area contributed by atoms with Crippen molar-refractivity contribution in [2.24, 2.45) is 0 Å². The molecule has 4 aromatic rings. The topological polar surface area (TPSA) is 86.4 Å². The molecule has 5 rings (SSSR count). The van der Waals surface area contributed by atoms with E-state index >= 15 is 0 Å². The Hall–Kier alpha value is -4.75. The molecule has 0 unspecified atom stereocenters. The summed E-state index contributed by atoms with van der Waals surface area (Å²) in [7, 11) is 0. The molecule has 0 radical (unpaired) electrons. The highest BCUT2D eigenvalue weighted by atomic mass is 16.2. The normalized spacial score (nSPS) is 14.2. The van der Waals surface area contributed by atoms with E-state index in [4.69, 9.17) is 0 Å². The Morgan fingerprint density at radius 1 is 0.905 bits per heavy atom. The second kappa shape index (κ2) is 13.3. The van der Waals surface area contributed by atoms with Crippen molar-refractivity contribution in [2.45, 2.75) is 39.8 Å². The quantitative estimate of drug-likeness (QED) is 0.177. The number of anilines is 2.